The lowest BCUT2D eigenvalue weighted by atomic mass is 10.0. The summed E-state index contributed by atoms with van der Waals surface area (Å²) in [7, 11) is 0. The van der Waals surface area contributed by atoms with E-state index in [4.69, 9.17) is 22.1 Å². The average molecular weight is 294 g/mol. The molecule has 0 spiro atoms. The second kappa shape index (κ2) is 6.73. The molecule has 0 bridgehead atoms. The summed E-state index contributed by atoms with van der Waals surface area (Å²) in [6.07, 6.45) is 1.73. The Hall–Kier alpha value is -1.58. The zero-order valence-corrected chi connectivity index (χ0v) is 12.0. The predicted molar refractivity (Wildman–Crippen MR) is 79.9 cm³/mol. The minimum absolute atomic E-state index is 0.0478. The maximum absolute atomic E-state index is 13.1. The van der Waals surface area contributed by atoms with E-state index in [0.717, 1.165) is 18.4 Å². The fourth-order valence-electron chi connectivity index (χ4n) is 1.86. The van der Waals surface area contributed by atoms with Crippen molar-refractivity contribution in [2.75, 3.05) is 0 Å². The molecular weight excluding hydrogens is 277 g/mol. The van der Waals surface area contributed by atoms with Crippen LogP contribution < -0.4 is 10.5 Å². The van der Waals surface area contributed by atoms with Crippen molar-refractivity contribution >= 4 is 11.6 Å². The molecule has 2 rings (SSSR count). The van der Waals surface area contributed by atoms with Gasteiger partial charge >= 0.3 is 0 Å². The number of hydrogen-bond donors (Lipinski definition) is 1. The van der Waals surface area contributed by atoms with Crippen molar-refractivity contribution in [1.82, 2.24) is 0 Å². The van der Waals surface area contributed by atoms with E-state index in [1.807, 2.05) is 24.3 Å². The third-order valence-corrected chi connectivity index (χ3v) is 3.34. The third-order valence-electron chi connectivity index (χ3n) is 3.05. The normalized spacial score (nSPS) is 12.2. The molecule has 0 saturated heterocycles. The molecule has 0 amide bonds. The first-order chi connectivity index (χ1) is 9.58. The first-order valence-electron chi connectivity index (χ1n) is 6.56. The second-order valence-electron chi connectivity index (χ2n) is 4.70. The van der Waals surface area contributed by atoms with Crippen molar-refractivity contribution in [2.24, 2.45) is 5.73 Å². The van der Waals surface area contributed by atoms with Crippen LogP contribution in [0, 0.1) is 5.82 Å². The molecule has 0 fully saturated rings. The Balaban J connectivity index is 2.12. The molecule has 2 aromatic carbocycles. The van der Waals surface area contributed by atoms with Crippen molar-refractivity contribution in [1.29, 1.82) is 0 Å². The predicted octanol–water partition coefficient (Wildman–Crippen LogP) is 4.55. The highest BCUT2D eigenvalue weighted by molar-refractivity contribution is 6.30. The maximum Gasteiger partial charge on any atom is 0.142 e. The summed E-state index contributed by atoms with van der Waals surface area (Å²) in [5.41, 5.74) is 7.06. The summed E-state index contributed by atoms with van der Waals surface area (Å²) in [5, 5.41) is 0.0478. The van der Waals surface area contributed by atoms with Gasteiger partial charge in [0.2, 0.25) is 0 Å². The molecule has 2 aromatic rings. The molecule has 106 valence electrons. The van der Waals surface area contributed by atoms with Crippen LogP contribution in [-0.2, 0) is 6.42 Å². The quantitative estimate of drug-likeness (QED) is 0.877. The van der Waals surface area contributed by atoms with Crippen molar-refractivity contribution in [3.8, 4) is 11.5 Å². The monoisotopic (exact) mass is 293 g/mol. The molecule has 2 nitrogen and oxygen atoms in total. The van der Waals surface area contributed by atoms with E-state index >= 15 is 0 Å². The maximum atomic E-state index is 13.1. The van der Waals surface area contributed by atoms with Gasteiger partial charge in [-0.3, -0.25) is 0 Å². The van der Waals surface area contributed by atoms with Crippen molar-refractivity contribution in [3.63, 3.8) is 0 Å². The smallest absolute Gasteiger partial charge is 0.142 e. The van der Waals surface area contributed by atoms with Crippen LogP contribution in [0.2, 0.25) is 5.02 Å². The molecule has 0 aromatic heterocycles. The van der Waals surface area contributed by atoms with E-state index in [2.05, 4.69) is 6.92 Å². The Kier molecular flexibility index (Phi) is 4.99. The first-order valence-corrected chi connectivity index (χ1v) is 6.93. The lowest BCUT2D eigenvalue weighted by molar-refractivity contribution is 0.479. The van der Waals surface area contributed by atoms with Crippen molar-refractivity contribution < 1.29 is 9.13 Å². The van der Waals surface area contributed by atoms with Crippen LogP contribution in [-0.4, -0.2) is 6.04 Å². The standard InChI is InChI=1S/C16H17ClFNO/c1-2-12(19)8-11-4-3-5-13(9-11)20-14-6-7-16(18)15(17)10-14/h3-7,9-10,12H,2,8,19H2,1H3. The minimum atomic E-state index is -0.457. The van der Waals surface area contributed by atoms with Crippen LogP contribution in [0.15, 0.2) is 42.5 Å². The summed E-state index contributed by atoms with van der Waals surface area (Å²) in [6.45, 7) is 2.06. The van der Waals surface area contributed by atoms with E-state index in [1.165, 1.54) is 12.1 Å². The molecule has 2 N–H and O–H groups in total. The number of halogens is 2. The van der Waals surface area contributed by atoms with Crippen molar-refractivity contribution in [2.45, 2.75) is 25.8 Å². The molecule has 0 aliphatic rings. The molecule has 0 radical (unpaired) electrons. The van der Waals surface area contributed by atoms with Gasteiger partial charge in [-0.2, -0.15) is 0 Å². The highest BCUT2D eigenvalue weighted by Crippen LogP contribution is 2.26. The Morgan fingerprint density at radius 1 is 1.20 bits per heavy atom. The number of rotatable bonds is 5. The van der Waals surface area contributed by atoms with Crippen molar-refractivity contribution in [3.05, 3.63) is 58.9 Å². The molecule has 0 aliphatic heterocycles. The summed E-state index contributed by atoms with van der Waals surface area (Å²) in [4.78, 5) is 0. The van der Waals surface area contributed by atoms with Crippen LogP contribution in [0.5, 0.6) is 11.5 Å². The van der Waals surface area contributed by atoms with Gasteiger partial charge in [0.15, 0.2) is 0 Å². The van der Waals surface area contributed by atoms with Crippen LogP contribution in [0.1, 0.15) is 18.9 Å². The summed E-state index contributed by atoms with van der Waals surface area (Å²) < 4.78 is 18.8. The van der Waals surface area contributed by atoms with Gasteiger partial charge in [0.05, 0.1) is 5.02 Å². The topological polar surface area (TPSA) is 35.2 Å². The van der Waals surface area contributed by atoms with Crippen LogP contribution in [0.4, 0.5) is 4.39 Å². The van der Waals surface area contributed by atoms with E-state index in [9.17, 15) is 4.39 Å². The van der Waals surface area contributed by atoms with Gasteiger partial charge < -0.3 is 10.5 Å². The molecule has 20 heavy (non-hydrogen) atoms. The molecule has 0 heterocycles. The van der Waals surface area contributed by atoms with Gasteiger partial charge in [-0.25, -0.2) is 4.39 Å². The Labute approximate surface area is 123 Å². The van der Waals surface area contributed by atoms with Gasteiger partial charge in [-0.05, 0) is 42.7 Å². The summed E-state index contributed by atoms with van der Waals surface area (Å²) >= 11 is 5.73. The molecule has 0 aliphatic carbocycles. The van der Waals surface area contributed by atoms with Gasteiger partial charge in [0.25, 0.3) is 0 Å². The molecule has 1 atom stereocenters. The molecule has 0 saturated carbocycles. The van der Waals surface area contributed by atoms with E-state index in [-0.39, 0.29) is 11.1 Å². The summed E-state index contributed by atoms with van der Waals surface area (Å²) in [5.74, 6) is 0.739. The molecule has 1 unspecified atom stereocenters. The SMILES string of the molecule is CCC(N)Cc1cccc(Oc2ccc(F)c(Cl)c2)c1. The Morgan fingerprint density at radius 2 is 1.95 bits per heavy atom. The number of nitrogens with two attached hydrogens (primary N) is 1. The first kappa shape index (κ1) is 14.8. The second-order valence-corrected chi connectivity index (χ2v) is 5.11. The molecular formula is C16H17ClFNO. The van der Waals surface area contributed by atoms with E-state index < -0.39 is 5.82 Å². The Bertz CT molecular complexity index is 588. The minimum Gasteiger partial charge on any atom is -0.457 e. The zero-order valence-electron chi connectivity index (χ0n) is 11.3. The highest BCUT2D eigenvalue weighted by Gasteiger charge is 2.05. The zero-order chi connectivity index (χ0) is 14.5. The number of ether oxygens (including phenoxy) is 1. The van der Waals surface area contributed by atoms with E-state index in [1.54, 1.807) is 6.07 Å². The highest BCUT2D eigenvalue weighted by atomic mass is 35.5. The van der Waals surface area contributed by atoms with Crippen LogP contribution in [0.25, 0.3) is 0 Å². The lowest BCUT2D eigenvalue weighted by Gasteiger charge is -2.11. The summed E-state index contributed by atoms with van der Waals surface area (Å²) in [6, 6.07) is 12.1. The van der Waals surface area contributed by atoms with Crippen LogP contribution in [0.3, 0.4) is 0 Å². The van der Waals surface area contributed by atoms with Crippen LogP contribution >= 0.6 is 11.6 Å². The van der Waals surface area contributed by atoms with Gasteiger partial charge in [0, 0.05) is 12.1 Å². The molecule has 4 heteroatoms. The average Bonchev–Trinajstić information content (AvgIpc) is 2.43. The number of benzene rings is 2. The van der Waals surface area contributed by atoms with Gasteiger partial charge in [0.1, 0.15) is 17.3 Å². The third kappa shape index (κ3) is 3.95. The number of hydrogen-bond acceptors (Lipinski definition) is 2. The lowest BCUT2D eigenvalue weighted by Crippen LogP contribution is -2.21. The Morgan fingerprint density at radius 3 is 2.65 bits per heavy atom. The fraction of sp³-hybridized carbons (Fsp3) is 0.250. The van der Waals surface area contributed by atoms with Gasteiger partial charge in [-0.15, -0.1) is 0 Å². The fourth-order valence-corrected chi connectivity index (χ4v) is 2.03. The van der Waals surface area contributed by atoms with Gasteiger partial charge in [-0.1, -0.05) is 30.7 Å². The van der Waals surface area contributed by atoms with E-state index in [0.29, 0.717) is 11.5 Å². The largest absolute Gasteiger partial charge is 0.457 e.